The molecule has 0 bridgehead atoms. The lowest BCUT2D eigenvalue weighted by Crippen LogP contribution is -2.12. The van der Waals surface area contributed by atoms with E-state index in [1.54, 1.807) is 6.20 Å². The van der Waals surface area contributed by atoms with E-state index in [4.69, 9.17) is 5.73 Å². The van der Waals surface area contributed by atoms with E-state index in [1.807, 2.05) is 24.0 Å². The Kier molecular flexibility index (Phi) is 2.75. The van der Waals surface area contributed by atoms with Gasteiger partial charge in [0.2, 0.25) is 5.95 Å². The van der Waals surface area contributed by atoms with Crippen LogP contribution in [0.2, 0.25) is 0 Å². The summed E-state index contributed by atoms with van der Waals surface area (Å²) < 4.78 is 1.87. The van der Waals surface area contributed by atoms with Crippen molar-refractivity contribution in [3.8, 4) is 0 Å². The van der Waals surface area contributed by atoms with E-state index in [0.717, 1.165) is 17.5 Å². The molecule has 0 aliphatic heterocycles. The van der Waals surface area contributed by atoms with Crippen LogP contribution >= 0.6 is 0 Å². The van der Waals surface area contributed by atoms with Gasteiger partial charge in [0, 0.05) is 12.7 Å². The molecule has 8 nitrogen and oxygen atoms in total. The molecule has 0 fully saturated rings. The lowest BCUT2D eigenvalue weighted by atomic mass is 10.4. The summed E-state index contributed by atoms with van der Waals surface area (Å²) in [7, 11) is 0. The van der Waals surface area contributed by atoms with Crippen molar-refractivity contribution < 1.29 is 0 Å². The number of nitrogen functional groups attached to an aromatic ring is 1. The van der Waals surface area contributed by atoms with Crippen LogP contribution in [0.15, 0.2) is 18.6 Å². The second kappa shape index (κ2) is 4.56. The first kappa shape index (κ1) is 11.5. The Morgan fingerprint density at radius 1 is 1.37 bits per heavy atom. The molecule has 3 rings (SSSR count). The molecule has 0 aliphatic rings. The number of H-pyrrole nitrogens is 1. The lowest BCUT2D eigenvalue weighted by molar-refractivity contribution is 0.637. The third kappa shape index (κ3) is 2.32. The summed E-state index contributed by atoms with van der Waals surface area (Å²) in [6, 6.07) is 0. The molecule has 8 heteroatoms. The molecule has 3 aromatic rings. The van der Waals surface area contributed by atoms with Crippen LogP contribution in [0, 0.1) is 6.92 Å². The fourth-order valence-electron chi connectivity index (χ4n) is 1.87. The van der Waals surface area contributed by atoms with Crippen molar-refractivity contribution in [2.75, 3.05) is 17.6 Å². The number of nitrogens with one attached hydrogen (secondary N) is 2. The summed E-state index contributed by atoms with van der Waals surface area (Å²) in [5.74, 6) is 0.898. The second-order valence-corrected chi connectivity index (χ2v) is 4.27. The number of aryl methyl sites for hydroxylation is 1. The standard InChI is InChI=1S/C11H14N8/c1-7-4-15-19(6-7)3-2-13-9-8-5-14-18-10(8)17-11(12)16-9/h4-6H,2-3H2,1H3,(H4,12,13,14,16,17,18). The molecule has 0 atom stereocenters. The number of nitrogens with zero attached hydrogens (tertiary/aromatic N) is 5. The Hall–Kier alpha value is -2.64. The van der Waals surface area contributed by atoms with Crippen molar-refractivity contribution in [3.05, 3.63) is 24.2 Å². The van der Waals surface area contributed by atoms with Gasteiger partial charge in [0.1, 0.15) is 5.82 Å². The number of hydrogen-bond donors (Lipinski definition) is 3. The summed E-state index contributed by atoms with van der Waals surface area (Å²) in [6.45, 7) is 3.45. The Bertz CT molecular complexity index is 698. The molecule has 0 radical (unpaired) electrons. The summed E-state index contributed by atoms with van der Waals surface area (Å²) >= 11 is 0. The minimum Gasteiger partial charge on any atom is -0.368 e. The largest absolute Gasteiger partial charge is 0.368 e. The van der Waals surface area contributed by atoms with Crippen molar-refractivity contribution in [2.45, 2.75) is 13.5 Å². The zero-order chi connectivity index (χ0) is 13.2. The molecule has 3 aromatic heterocycles. The molecule has 0 aliphatic carbocycles. The Morgan fingerprint density at radius 3 is 3.05 bits per heavy atom. The molecule has 4 N–H and O–H groups in total. The quantitative estimate of drug-likeness (QED) is 0.630. The van der Waals surface area contributed by atoms with Crippen LogP contribution in [-0.2, 0) is 6.54 Å². The van der Waals surface area contributed by atoms with E-state index in [-0.39, 0.29) is 5.95 Å². The lowest BCUT2D eigenvalue weighted by Gasteiger charge is -2.07. The minimum atomic E-state index is 0.217. The Balaban J connectivity index is 1.73. The van der Waals surface area contributed by atoms with Crippen LogP contribution in [0.25, 0.3) is 11.0 Å². The Morgan fingerprint density at radius 2 is 2.26 bits per heavy atom. The number of anilines is 2. The van der Waals surface area contributed by atoms with Gasteiger partial charge >= 0.3 is 0 Å². The molecule has 0 saturated carbocycles. The van der Waals surface area contributed by atoms with Crippen LogP contribution in [0.4, 0.5) is 11.8 Å². The monoisotopic (exact) mass is 258 g/mol. The topological polar surface area (TPSA) is 110 Å². The normalized spacial score (nSPS) is 11.0. The summed E-state index contributed by atoms with van der Waals surface area (Å²) in [6.07, 6.45) is 5.50. The van der Waals surface area contributed by atoms with Gasteiger partial charge in [-0.05, 0) is 12.5 Å². The van der Waals surface area contributed by atoms with Gasteiger partial charge in [0.15, 0.2) is 5.65 Å². The van der Waals surface area contributed by atoms with E-state index in [2.05, 4.69) is 30.6 Å². The Labute approximate surface area is 109 Å². The van der Waals surface area contributed by atoms with Gasteiger partial charge in [0.25, 0.3) is 0 Å². The summed E-state index contributed by atoms with van der Waals surface area (Å²) in [5, 5.41) is 15.0. The molecular weight excluding hydrogens is 244 g/mol. The van der Waals surface area contributed by atoms with E-state index in [0.29, 0.717) is 18.0 Å². The first-order chi connectivity index (χ1) is 9.22. The number of aromatic amines is 1. The highest BCUT2D eigenvalue weighted by molar-refractivity contribution is 5.86. The fraction of sp³-hybridized carbons (Fsp3) is 0.273. The molecule has 19 heavy (non-hydrogen) atoms. The van der Waals surface area contributed by atoms with Gasteiger partial charge in [-0.25, -0.2) is 0 Å². The maximum absolute atomic E-state index is 5.64. The van der Waals surface area contributed by atoms with E-state index in [9.17, 15) is 0 Å². The molecule has 0 saturated heterocycles. The fourth-order valence-corrected chi connectivity index (χ4v) is 1.87. The molecule has 0 unspecified atom stereocenters. The first-order valence-electron chi connectivity index (χ1n) is 5.92. The predicted octanol–water partition coefficient (Wildman–Crippen LogP) is 0.552. The number of hydrogen-bond acceptors (Lipinski definition) is 6. The smallest absolute Gasteiger partial charge is 0.224 e. The van der Waals surface area contributed by atoms with Gasteiger partial charge in [0.05, 0.1) is 24.3 Å². The minimum absolute atomic E-state index is 0.217. The van der Waals surface area contributed by atoms with Gasteiger partial charge in [-0.1, -0.05) is 0 Å². The highest BCUT2D eigenvalue weighted by Gasteiger charge is 2.07. The van der Waals surface area contributed by atoms with E-state index >= 15 is 0 Å². The zero-order valence-corrected chi connectivity index (χ0v) is 10.5. The average molecular weight is 258 g/mol. The number of nitrogens with two attached hydrogens (primary N) is 1. The van der Waals surface area contributed by atoms with Crippen LogP contribution in [0.3, 0.4) is 0 Å². The highest BCUT2D eigenvalue weighted by atomic mass is 15.3. The molecule has 0 spiro atoms. The predicted molar refractivity (Wildman–Crippen MR) is 71.5 cm³/mol. The summed E-state index contributed by atoms with van der Waals surface area (Å²) in [5.41, 5.74) is 7.41. The van der Waals surface area contributed by atoms with Crippen molar-refractivity contribution in [1.29, 1.82) is 0 Å². The molecule has 0 aromatic carbocycles. The third-order valence-electron chi connectivity index (χ3n) is 2.72. The van der Waals surface area contributed by atoms with Gasteiger partial charge in [-0.15, -0.1) is 0 Å². The molecule has 3 heterocycles. The van der Waals surface area contributed by atoms with Crippen molar-refractivity contribution in [1.82, 2.24) is 29.9 Å². The molecular formula is C11H14N8. The molecule has 0 amide bonds. The number of aromatic nitrogens is 6. The van der Waals surface area contributed by atoms with Crippen molar-refractivity contribution >= 4 is 22.8 Å². The van der Waals surface area contributed by atoms with Crippen LogP contribution in [-0.4, -0.2) is 36.5 Å². The van der Waals surface area contributed by atoms with Crippen molar-refractivity contribution in [3.63, 3.8) is 0 Å². The van der Waals surface area contributed by atoms with Crippen LogP contribution in [0.5, 0.6) is 0 Å². The van der Waals surface area contributed by atoms with E-state index in [1.165, 1.54) is 0 Å². The van der Waals surface area contributed by atoms with Gasteiger partial charge < -0.3 is 11.1 Å². The van der Waals surface area contributed by atoms with Crippen LogP contribution < -0.4 is 11.1 Å². The van der Waals surface area contributed by atoms with Crippen LogP contribution in [0.1, 0.15) is 5.56 Å². The van der Waals surface area contributed by atoms with Gasteiger partial charge in [-0.2, -0.15) is 20.2 Å². The second-order valence-electron chi connectivity index (χ2n) is 4.27. The number of fused-ring (bicyclic) bond motifs is 1. The summed E-state index contributed by atoms with van der Waals surface area (Å²) in [4.78, 5) is 8.23. The maximum atomic E-state index is 5.64. The first-order valence-corrected chi connectivity index (χ1v) is 5.92. The maximum Gasteiger partial charge on any atom is 0.224 e. The van der Waals surface area contributed by atoms with E-state index < -0.39 is 0 Å². The zero-order valence-electron chi connectivity index (χ0n) is 10.5. The number of rotatable bonds is 4. The SMILES string of the molecule is Cc1cnn(CCNc2nc(N)nc3[nH]ncc23)c1. The molecule has 98 valence electrons. The highest BCUT2D eigenvalue weighted by Crippen LogP contribution is 2.18. The van der Waals surface area contributed by atoms with Crippen molar-refractivity contribution in [2.24, 2.45) is 0 Å². The average Bonchev–Trinajstić information content (AvgIpc) is 2.98. The third-order valence-corrected chi connectivity index (χ3v) is 2.72. The van der Waals surface area contributed by atoms with Gasteiger partial charge in [-0.3, -0.25) is 9.78 Å².